The SMILES string of the molecule is C=S(C)(=O)NC(=O)c1cnc(N)c(I)c1. The average Bonchev–Trinajstić information content (AvgIpc) is 2.06. The third kappa shape index (κ3) is 3.67. The molecule has 0 aliphatic rings. The topological polar surface area (TPSA) is 85.1 Å². The Bertz CT molecular complexity index is 499. The van der Waals surface area contributed by atoms with Crippen molar-refractivity contribution < 1.29 is 9.00 Å². The summed E-state index contributed by atoms with van der Waals surface area (Å²) in [4.78, 5) is 15.3. The fourth-order valence-electron chi connectivity index (χ4n) is 0.828. The Balaban J connectivity index is 2.98. The fourth-order valence-corrected chi connectivity index (χ4v) is 1.81. The van der Waals surface area contributed by atoms with E-state index in [9.17, 15) is 9.00 Å². The zero-order chi connectivity index (χ0) is 11.6. The van der Waals surface area contributed by atoms with Gasteiger partial charge in [-0.15, -0.1) is 0 Å². The number of rotatable bonds is 2. The molecule has 0 aromatic carbocycles. The molecule has 1 rings (SSSR count). The van der Waals surface area contributed by atoms with Gasteiger partial charge in [-0.3, -0.25) is 9.52 Å². The number of pyridine rings is 1. The van der Waals surface area contributed by atoms with E-state index in [-0.39, 0.29) is 0 Å². The molecule has 0 fully saturated rings. The molecule has 7 heteroatoms. The summed E-state index contributed by atoms with van der Waals surface area (Å²) in [6, 6.07) is 1.57. The molecule has 1 atom stereocenters. The number of nitrogen functional groups attached to an aromatic ring is 1. The minimum Gasteiger partial charge on any atom is -0.383 e. The molecular formula is C8H10IN3O2S. The van der Waals surface area contributed by atoms with Gasteiger partial charge in [0.2, 0.25) is 0 Å². The highest BCUT2D eigenvalue weighted by Crippen LogP contribution is 2.13. The maximum atomic E-state index is 11.5. The van der Waals surface area contributed by atoms with Crippen molar-refractivity contribution in [2.75, 3.05) is 12.0 Å². The van der Waals surface area contributed by atoms with Crippen LogP contribution in [0.1, 0.15) is 10.4 Å². The molecule has 0 saturated heterocycles. The van der Waals surface area contributed by atoms with Crippen molar-refractivity contribution >= 4 is 49.9 Å². The molecular weight excluding hydrogens is 329 g/mol. The molecule has 0 bridgehead atoms. The number of amides is 1. The minimum atomic E-state index is -2.56. The summed E-state index contributed by atoms with van der Waals surface area (Å²) in [5, 5.41) is 0. The third-order valence-electron chi connectivity index (χ3n) is 1.44. The monoisotopic (exact) mass is 339 g/mol. The van der Waals surface area contributed by atoms with Crippen LogP contribution in [0.2, 0.25) is 0 Å². The van der Waals surface area contributed by atoms with E-state index in [1.165, 1.54) is 12.5 Å². The van der Waals surface area contributed by atoms with Crippen molar-refractivity contribution in [2.45, 2.75) is 0 Å². The Kier molecular flexibility index (Phi) is 3.55. The predicted octanol–water partition coefficient (Wildman–Crippen LogP) is 0.259. The summed E-state index contributed by atoms with van der Waals surface area (Å²) < 4.78 is 14.2. The second-order valence-corrected chi connectivity index (χ2v) is 6.40. The summed E-state index contributed by atoms with van der Waals surface area (Å²) in [6.45, 7) is 0. The highest BCUT2D eigenvalue weighted by Gasteiger charge is 2.09. The van der Waals surface area contributed by atoms with E-state index < -0.39 is 15.6 Å². The summed E-state index contributed by atoms with van der Waals surface area (Å²) in [5.41, 5.74) is 5.81. The molecule has 1 aromatic heterocycles. The summed E-state index contributed by atoms with van der Waals surface area (Å²) >= 11 is 1.97. The highest BCUT2D eigenvalue weighted by atomic mass is 127. The van der Waals surface area contributed by atoms with E-state index in [4.69, 9.17) is 5.73 Å². The van der Waals surface area contributed by atoms with Crippen LogP contribution in [0.5, 0.6) is 0 Å². The van der Waals surface area contributed by atoms with E-state index in [0.29, 0.717) is 15.0 Å². The minimum absolute atomic E-state index is 0.312. The first-order valence-electron chi connectivity index (χ1n) is 3.85. The molecule has 15 heavy (non-hydrogen) atoms. The van der Waals surface area contributed by atoms with Crippen molar-refractivity contribution in [1.82, 2.24) is 9.71 Å². The molecule has 1 heterocycles. The second kappa shape index (κ2) is 4.35. The number of nitrogens with two attached hydrogens (primary N) is 1. The summed E-state index contributed by atoms with van der Waals surface area (Å²) in [7, 11) is -2.56. The molecule has 0 spiro atoms. The summed E-state index contributed by atoms with van der Waals surface area (Å²) in [5.74, 6) is 3.22. The lowest BCUT2D eigenvalue weighted by atomic mass is 10.3. The molecule has 1 aromatic rings. The Morgan fingerprint density at radius 2 is 2.33 bits per heavy atom. The number of nitrogens with zero attached hydrogens (tertiary/aromatic N) is 1. The van der Waals surface area contributed by atoms with Crippen LogP contribution in [0.4, 0.5) is 5.82 Å². The van der Waals surface area contributed by atoms with Crippen LogP contribution in [-0.4, -0.2) is 27.2 Å². The van der Waals surface area contributed by atoms with E-state index in [1.54, 1.807) is 6.07 Å². The van der Waals surface area contributed by atoms with Gasteiger partial charge in [-0.05, 0) is 34.5 Å². The lowest BCUT2D eigenvalue weighted by Gasteiger charge is -2.06. The van der Waals surface area contributed by atoms with Gasteiger partial charge in [-0.2, -0.15) is 0 Å². The van der Waals surface area contributed by atoms with Crippen LogP contribution in [0.25, 0.3) is 0 Å². The van der Waals surface area contributed by atoms with Gasteiger partial charge < -0.3 is 5.73 Å². The number of halogens is 1. The quantitative estimate of drug-likeness (QED) is 0.598. The maximum absolute atomic E-state index is 11.5. The molecule has 0 aliphatic heterocycles. The van der Waals surface area contributed by atoms with Gasteiger partial charge in [-0.25, -0.2) is 9.19 Å². The largest absolute Gasteiger partial charge is 0.383 e. The van der Waals surface area contributed by atoms with Gasteiger partial charge in [-0.1, -0.05) is 0 Å². The first-order valence-corrected chi connectivity index (χ1v) is 7.06. The number of anilines is 1. The Morgan fingerprint density at radius 1 is 1.73 bits per heavy atom. The van der Waals surface area contributed by atoms with Gasteiger partial charge in [0.25, 0.3) is 5.91 Å². The lowest BCUT2D eigenvalue weighted by molar-refractivity contribution is 0.0982. The molecule has 1 amide bonds. The Morgan fingerprint density at radius 3 is 2.80 bits per heavy atom. The first-order chi connectivity index (χ1) is 6.79. The number of nitrogens with one attached hydrogen (secondary N) is 1. The van der Waals surface area contributed by atoms with E-state index >= 15 is 0 Å². The first kappa shape index (κ1) is 12.2. The number of aromatic nitrogens is 1. The number of carbonyl (C=O) groups is 1. The lowest BCUT2D eigenvalue weighted by Crippen LogP contribution is -2.29. The van der Waals surface area contributed by atoms with Crippen LogP contribution in [0, 0.1) is 3.57 Å². The van der Waals surface area contributed by atoms with Crippen molar-refractivity contribution in [3.63, 3.8) is 0 Å². The molecule has 0 saturated carbocycles. The third-order valence-corrected chi connectivity index (χ3v) is 2.92. The van der Waals surface area contributed by atoms with Crippen LogP contribution >= 0.6 is 22.6 Å². The van der Waals surface area contributed by atoms with Gasteiger partial charge >= 0.3 is 0 Å². The Hall–Kier alpha value is -0.830. The van der Waals surface area contributed by atoms with Gasteiger partial charge in [0.1, 0.15) is 5.82 Å². The van der Waals surface area contributed by atoms with E-state index in [0.717, 1.165) is 0 Å². The average molecular weight is 339 g/mol. The van der Waals surface area contributed by atoms with Crippen molar-refractivity contribution in [3.05, 3.63) is 21.4 Å². The fraction of sp³-hybridized carbons (Fsp3) is 0.125. The number of carbonyl (C=O) groups excluding carboxylic acids is 1. The molecule has 3 N–H and O–H groups in total. The van der Waals surface area contributed by atoms with Gasteiger partial charge in [0.05, 0.1) is 9.13 Å². The summed E-state index contributed by atoms with van der Waals surface area (Å²) in [6.07, 6.45) is 2.68. The van der Waals surface area contributed by atoms with Crippen molar-refractivity contribution in [3.8, 4) is 0 Å². The number of hydrogen-bond donors (Lipinski definition) is 2. The van der Waals surface area contributed by atoms with Crippen molar-refractivity contribution in [1.29, 1.82) is 0 Å². The zero-order valence-corrected chi connectivity index (χ0v) is 11.0. The van der Waals surface area contributed by atoms with Crippen molar-refractivity contribution in [2.24, 2.45) is 0 Å². The van der Waals surface area contributed by atoms with Crippen LogP contribution in [0.15, 0.2) is 12.3 Å². The standard InChI is InChI=1S/C8H10IN3O2S/c1-15(2,14)12-8(13)5-3-6(9)7(10)11-4-5/h3-4H,1H2,2H3,(H2,10,11)(H,12,13,14). The zero-order valence-electron chi connectivity index (χ0n) is 7.99. The second-order valence-electron chi connectivity index (χ2n) is 3.03. The Labute approximate surface area is 102 Å². The van der Waals surface area contributed by atoms with E-state index in [2.05, 4.69) is 15.6 Å². The molecule has 0 radical (unpaired) electrons. The van der Waals surface area contributed by atoms with Gasteiger partial charge in [0, 0.05) is 22.2 Å². The molecule has 0 aliphatic carbocycles. The normalized spacial score (nSPS) is 14.3. The van der Waals surface area contributed by atoms with Crippen LogP contribution in [-0.2, 0) is 9.71 Å². The van der Waals surface area contributed by atoms with Gasteiger partial charge in [0.15, 0.2) is 0 Å². The number of hydrogen-bond acceptors (Lipinski definition) is 4. The molecule has 5 nitrogen and oxygen atoms in total. The molecule has 1 unspecified atom stereocenters. The highest BCUT2D eigenvalue weighted by molar-refractivity contribution is 14.1. The van der Waals surface area contributed by atoms with Crippen LogP contribution in [0.3, 0.4) is 0 Å². The maximum Gasteiger partial charge on any atom is 0.264 e. The van der Waals surface area contributed by atoms with E-state index in [1.807, 2.05) is 22.6 Å². The predicted molar refractivity (Wildman–Crippen MR) is 70.0 cm³/mol. The molecule has 82 valence electrons. The smallest absolute Gasteiger partial charge is 0.264 e. The van der Waals surface area contributed by atoms with Crippen LogP contribution < -0.4 is 10.5 Å².